The fourth-order valence-electron chi connectivity index (χ4n) is 3.54. The lowest BCUT2D eigenvalue weighted by Crippen LogP contribution is -2.29. The number of halogens is 1. The Balaban J connectivity index is 2.20. The molecule has 0 heterocycles. The molecule has 1 aliphatic rings. The van der Waals surface area contributed by atoms with Crippen molar-refractivity contribution >= 4 is 15.9 Å². The molecule has 3 unspecified atom stereocenters. The lowest BCUT2D eigenvalue weighted by atomic mass is 9.72. The van der Waals surface area contributed by atoms with Crippen molar-refractivity contribution in [2.45, 2.75) is 46.1 Å². The van der Waals surface area contributed by atoms with E-state index in [-0.39, 0.29) is 6.04 Å². The van der Waals surface area contributed by atoms with Gasteiger partial charge in [-0.25, -0.2) is 0 Å². The Morgan fingerprint density at radius 2 is 1.78 bits per heavy atom. The molecule has 2 rings (SSSR count). The molecule has 0 radical (unpaired) electrons. The largest absolute Gasteiger partial charge is 0.324 e. The standard InChI is InChI=1S/C16H24BrN/c1-10-7-11(2)9-13(8-10)16(18)14-5-4-6-15(17)12(14)3/h4-6,10-11,13,16H,7-9,18H2,1-3H3. The molecule has 1 nitrogen and oxygen atoms in total. The molecule has 0 aromatic heterocycles. The maximum atomic E-state index is 6.54. The molecule has 1 fully saturated rings. The summed E-state index contributed by atoms with van der Waals surface area (Å²) >= 11 is 3.61. The van der Waals surface area contributed by atoms with E-state index in [1.165, 1.54) is 34.9 Å². The Labute approximate surface area is 119 Å². The zero-order valence-electron chi connectivity index (χ0n) is 11.6. The highest BCUT2D eigenvalue weighted by Crippen LogP contribution is 2.40. The van der Waals surface area contributed by atoms with Gasteiger partial charge < -0.3 is 5.73 Å². The van der Waals surface area contributed by atoms with E-state index in [0.29, 0.717) is 5.92 Å². The van der Waals surface area contributed by atoms with E-state index in [1.54, 1.807) is 0 Å². The molecule has 2 heteroatoms. The topological polar surface area (TPSA) is 26.0 Å². The molecule has 1 aromatic rings. The van der Waals surface area contributed by atoms with Crippen LogP contribution in [0.5, 0.6) is 0 Å². The lowest BCUT2D eigenvalue weighted by Gasteiger charge is -2.35. The monoisotopic (exact) mass is 309 g/mol. The first-order valence-electron chi connectivity index (χ1n) is 6.99. The third-order valence-electron chi connectivity index (χ3n) is 4.39. The van der Waals surface area contributed by atoms with E-state index < -0.39 is 0 Å². The molecule has 0 aliphatic heterocycles. The van der Waals surface area contributed by atoms with Gasteiger partial charge in [-0.15, -0.1) is 0 Å². The van der Waals surface area contributed by atoms with Gasteiger partial charge in [-0.2, -0.15) is 0 Å². The summed E-state index contributed by atoms with van der Waals surface area (Å²) in [5, 5.41) is 0. The normalized spacial score (nSPS) is 30.2. The van der Waals surface area contributed by atoms with Crippen molar-refractivity contribution in [2.24, 2.45) is 23.5 Å². The predicted molar refractivity (Wildman–Crippen MR) is 81.5 cm³/mol. The van der Waals surface area contributed by atoms with Gasteiger partial charge >= 0.3 is 0 Å². The van der Waals surface area contributed by atoms with Gasteiger partial charge in [0.05, 0.1) is 0 Å². The summed E-state index contributed by atoms with van der Waals surface area (Å²) in [5.74, 6) is 2.27. The first-order chi connectivity index (χ1) is 8.49. The minimum absolute atomic E-state index is 0.188. The average Bonchev–Trinajstić information content (AvgIpc) is 2.30. The summed E-state index contributed by atoms with van der Waals surface area (Å²) in [7, 11) is 0. The van der Waals surface area contributed by atoms with E-state index in [4.69, 9.17) is 5.73 Å². The van der Waals surface area contributed by atoms with Crippen LogP contribution < -0.4 is 5.73 Å². The van der Waals surface area contributed by atoms with Crippen LogP contribution in [0.25, 0.3) is 0 Å². The highest BCUT2D eigenvalue weighted by Gasteiger charge is 2.29. The molecular weight excluding hydrogens is 286 g/mol. The van der Waals surface area contributed by atoms with Crippen molar-refractivity contribution in [1.82, 2.24) is 0 Å². The summed E-state index contributed by atoms with van der Waals surface area (Å²) in [5.41, 5.74) is 9.16. The number of hydrogen-bond donors (Lipinski definition) is 1. The van der Waals surface area contributed by atoms with Crippen LogP contribution >= 0.6 is 15.9 Å². The molecule has 0 spiro atoms. The van der Waals surface area contributed by atoms with Crippen LogP contribution in [0.15, 0.2) is 22.7 Å². The second-order valence-corrected chi connectivity index (χ2v) is 7.01. The van der Waals surface area contributed by atoms with Gasteiger partial charge in [0.15, 0.2) is 0 Å². The molecule has 0 bridgehead atoms. The number of rotatable bonds is 2. The summed E-state index contributed by atoms with van der Waals surface area (Å²) in [6.45, 7) is 6.89. The average molecular weight is 310 g/mol. The zero-order chi connectivity index (χ0) is 13.3. The van der Waals surface area contributed by atoms with E-state index >= 15 is 0 Å². The van der Waals surface area contributed by atoms with Gasteiger partial charge in [0.2, 0.25) is 0 Å². The smallest absolute Gasteiger partial charge is 0.0326 e. The fraction of sp³-hybridized carbons (Fsp3) is 0.625. The predicted octanol–water partition coefficient (Wildman–Crippen LogP) is 4.83. The van der Waals surface area contributed by atoms with E-state index in [9.17, 15) is 0 Å². The van der Waals surface area contributed by atoms with Crippen LogP contribution in [0, 0.1) is 24.7 Å². The van der Waals surface area contributed by atoms with Crippen LogP contribution in [-0.4, -0.2) is 0 Å². The zero-order valence-corrected chi connectivity index (χ0v) is 13.2. The van der Waals surface area contributed by atoms with Gasteiger partial charge in [0.1, 0.15) is 0 Å². The molecule has 2 N–H and O–H groups in total. The molecule has 18 heavy (non-hydrogen) atoms. The van der Waals surface area contributed by atoms with Crippen molar-refractivity contribution < 1.29 is 0 Å². The molecule has 1 aliphatic carbocycles. The van der Waals surface area contributed by atoms with E-state index in [1.807, 2.05) is 0 Å². The second kappa shape index (κ2) is 5.75. The molecule has 3 atom stereocenters. The van der Waals surface area contributed by atoms with Gasteiger partial charge in [-0.05, 0) is 61.1 Å². The van der Waals surface area contributed by atoms with Crippen molar-refractivity contribution in [3.8, 4) is 0 Å². The van der Waals surface area contributed by atoms with Crippen molar-refractivity contribution in [3.05, 3.63) is 33.8 Å². The third kappa shape index (κ3) is 2.97. The van der Waals surface area contributed by atoms with Crippen molar-refractivity contribution in [2.75, 3.05) is 0 Å². The first kappa shape index (κ1) is 14.1. The first-order valence-corrected chi connectivity index (χ1v) is 7.79. The van der Waals surface area contributed by atoms with E-state index in [0.717, 1.165) is 11.8 Å². The summed E-state index contributed by atoms with van der Waals surface area (Å²) in [4.78, 5) is 0. The number of nitrogens with two attached hydrogens (primary N) is 1. The van der Waals surface area contributed by atoms with Crippen LogP contribution in [0.2, 0.25) is 0 Å². The summed E-state index contributed by atoms with van der Waals surface area (Å²) in [6, 6.07) is 6.57. The van der Waals surface area contributed by atoms with Crippen LogP contribution in [0.3, 0.4) is 0 Å². The number of hydrogen-bond acceptors (Lipinski definition) is 1. The van der Waals surface area contributed by atoms with Crippen molar-refractivity contribution in [3.63, 3.8) is 0 Å². The highest BCUT2D eigenvalue weighted by molar-refractivity contribution is 9.10. The molecule has 0 saturated heterocycles. The van der Waals surface area contributed by atoms with Gasteiger partial charge in [0, 0.05) is 10.5 Å². The van der Waals surface area contributed by atoms with Gasteiger partial charge in [-0.1, -0.05) is 41.9 Å². The quantitative estimate of drug-likeness (QED) is 0.832. The Morgan fingerprint density at radius 3 is 2.39 bits per heavy atom. The Kier molecular flexibility index (Phi) is 4.50. The Bertz CT molecular complexity index is 406. The molecule has 0 amide bonds. The summed E-state index contributed by atoms with van der Waals surface area (Å²) < 4.78 is 1.17. The molecular formula is C16H24BrN. The maximum Gasteiger partial charge on any atom is 0.0326 e. The number of benzene rings is 1. The van der Waals surface area contributed by atoms with Crippen LogP contribution in [-0.2, 0) is 0 Å². The van der Waals surface area contributed by atoms with Crippen LogP contribution in [0.1, 0.15) is 50.3 Å². The highest BCUT2D eigenvalue weighted by atomic mass is 79.9. The fourth-order valence-corrected chi connectivity index (χ4v) is 3.92. The molecule has 1 aromatic carbocycles. The van der Waals surface area contributed by atoms with E-state index in [2.05, 4.69) is 54.9 Å². The summed E-state index contributed by atoms with van der Waals surface area (Å²) in [6.07, 6.45) is 3.91. The lowest BCUT2D eigenvalue weighted by molar-refractivity contribution is 0.193. The van der Waals surface area contributed by atoms with Crippen LogP contribution in [0.4, 0.5) is 0 Å². The molecule has 1 saturated carbocycles. The van der Waals surface area contributed by atoms with Gasteiger partial charge in [0.25, 0.3) is 0 Å². The second-order valence-electron chi connectivity index (χ2n) is 6.16. The van der Waals surface area contributed by atoms with Gasteiger partial charge in [-0.3, -0.25) is 0 Å². The maximum absolute atomic E-state index is 6.54. The Morgan fingerprint density at radius 1 is 1.17 bits per heavy atom. The minimum Gasteiger partial charge on any atom is -0.324 e. The van der Waals surface area contributed by atoms with Crippen molar-refractivity contribution in [1.29, 1.82) is 0 Å². The third-order valence-corrected chi connectivity index (χ3v) is 5.25. The Hall–Kier alpha value is -0.340. The molecule has 100 valence electrons. The SMILES string of the molecule is Cc1c(Br)cccc1C(N)C1CC(C)CC(C)C1. The minimum atomic E-state index is 0.188.